The number of hydrogen-bond acceptors (Lipinski definition) is 7. The van der Waals surface area contributed by atoms with Gasteiger partial charge in [-0.2, -0.15) is 0 Å². The number of thiazole rings is 1. The fourth-order valence-electron chi connectivity index (χ4n) is 4.48. The van der Waals surface area contributed by atoms with Gasteiger partial charge in [-0.25, -0.2) is 4.98 Å². The third-order valence-electron chi connectivity index (χ3n) is 6.81. The number of aryl methyl sites for hydroxylation is 1. The quantitative estimate of drug-likeness (QED) is 0.540. The van der Waals surface area contributed by atoms with Crippen molar-refractivity contribution < 1.29 is 19.4 Å². The molecule has 35 heavy (non-hydrogen) atoms. The number of halogens is 1. The number of nitrogens with one attached hydrogen (secondary N) is 2. The second-order valence-electron chi connectivity index (χ2n) is 9.33. The lowest BCUT2D eigenvalue weighted by Crippen LogP contribution is -2.27. The van der Waals surface area contributed by atoms with Crippen LogP contribution in [0.2, 0.25) is 0 Å². The Morgan fingerprint density at radius 1 is 1.34 bits per heavy atom. The molecule has 1 saturated carbocycles. The van der Waals surface area contributed by atoms with E-state index in [1.807, 2.05) is 25.1 Å². The molecule has 6 rings (SSSR count). The molecule has 1 atom stereocenters. The van der Waals surface area contributed by atoms with Gasteiger partial charge < -0.3 is 25.2 Å². The van der Waals surface area contributed by atoms with Crippen molar-refractivity contribution in [2.45, 2.75) is 57.0 Å². The molecule has 1 saturated heterocycles. The Morgan fingerprint density at radius 2 is 2.17 bits per heavy atom. The maximum absolute atomic E-state index is 13.1. The highest BCUT2D eigenvalue weighted by Crippen LogP contribution is 2.51. The highest BCUT2D eigenvalue weighted by Gasteiger charge is 2.52. The minimum atomic E-state index is -0.501. The maximum Gasteiger partial charge on any atom is 0.236 e. The Hall–Kier alpha value is -2.39. The summed E-state index contributed by atoms with van der Waals surface area (Å²) in [6, 6.07) is 5.77. The molecule has 1 aromatic heterocycles. The number of aromatic nitrogens is 1. The number of rotatable bonds is 5. The van der Waals surface area contributed by atoms with Crippen LogP contribution < -0.4 is 20.1 Å². The van der Waals surface area contributed by atoms with Gasteiger partial charge in [0.25, 0.3) is 0 Å². The van der Waals surface area contributed by atoms with Gasteiger partial charge in [0.1, 0.15) is 0 Å². The molecule has 7 nitrogen and oxygen atoms in total. The summed E-state index contributed by atoms with van der Waals surface area (Å²) in [5, 5.41) is 16.3. The van der Waals surface area contributed by atoms with E-state index in [1.54, 1.807) is 0 Å². The topological polar surface area (TPSA) is 92.7 Å². The molecular weight excluding hydrogens is 486 g/mol. The van der Waals surface area contributed by atoms with E-state index in [2.05, 4.69) is 27.8 Å². The third-order valence-corrected chi connectivity index (χ3v) is 8.31. The number of carbonyl (C=O) groups is 1. The average molecular weight is 516 g/mol. The maximum atomic E-state index is 13.1. The Labute approximate surface area is 214 Å². The van der Waals surface area contributed by atoms with Gasteiger partial charge in [-0.3, -0.25) is 4.79 Å². The molecule has 4 aliphatic rings. The lowest BCUT2D eigenvalue weighted by molar-refractivity contribution is -0.118. The van der Waals surface area contributed by atoms with Crippen LogP contribution in [0, 0.1) is 6.92 Å². The van der Waals surface area contributed by atoms with Gasteiger partial charge in [0.05, 0.1) is 17.2 Å². The summed E-state index contributed by atoms with van der Waals surface area (Å²) >= 11 is 7.90. The van der Waals surface area contributed by atoms with Crippen LogP contribution >= 0.6 is 22.9 Å². The van der Waals surface area contributed by atoms with E-state index in [9.17, 15) is 4.79 Å². The second kappa shape index (κ2) is 10.3. The fourth-order valence-corrected chi connectivity index (χ4v) is 5.70. The molecule has 3 heterocycles. The number of aliphatic hydroxyl groups is 1. The number of fused-ring (bicyclic) bond motifs is 1. The number of hydrogen-bond donors (Lipinski definition) is 3. The number of amides is 1. The zero-order valence-electron chi connectivity index (χ0n) is 19.7. The molecule has 2 aliphatic heterocycles. The first-order valence-corrected chi connectivity index (χ1v) is 13.2. The number of anilines is 1. The number of allylic oxidation sites excluding steroid dienone is 4. The number of nitrogens with zero attached hydrogens (tertiary/aromatic N) is 1. The molecule has 2 aromatic rings. The molecular formula is C26H30ClN3O4S. The van der Waals surface area contributed by atoms with Crippen LogP contribution in [0.4, 0.5) is 5.13 Å². The van der Waals surface area contributed by atoms with Gasteiger partial charge in [-0.05, 0) is 68.8 Å². The molecule has 0 spiro atoms. The van der Waals surface area contributed by atoms with Gasteiger partial charge in [-0.15, -0.1) is 11.3 Å². The first-order valence-electron chi connectivity index (χ1n) is 12.1. The average Bonchev–Trinajstić information content (AvgIpc) is 3.12. The Kier molecular flexibility index (Phi) is 7.16. The fraction of sp³-hybridized carbons (Fsp3) is 0.462. The number of ether oxygens (including phenoxy) is 2. The molecule has 0 radical (unpaired) electrons. The normalized spacial score (nSPS) is 21.5. The summed E-state index contributed by atoms with van der Waals surface area (Å²) in [7, 11) is 0. The first-order chi connectivity index (χ1) is 16.9. The van der Waals surface area contributed by atoms with Crippen LogP contribution in [0.5, 0.6) is 11.5 Å². The highest BCUT2D eigenvalue weighted by molar-refractivity contribution is 7.15. The van der Waals surface area contributed by atoms with Crippen molar-refractivity contribution in [2.75, 3.05) is 25.2 Å². The number of β-amino-alcohol motifs (C(OH)–C–C–N with tert-alkyl or cyclic N) is 1. The number of carbonyl (C=O) groups excluding carboxylic acids is 1. The van der Waals surface area contributed by atoms with Gasteiger partial charge in [-0.1, -0.05) is 29.8 Å². The molecule has 0 bridgehead atoms. The molecule has 186 valence electrons. The predicted molar refractivity (Wildman–Crippen MR) is 137 cm³/mol. The molecule has 1 amide bonds. The molecule has 2 aliphatic carbocycles. The minimum absolute atomic E-state index is 0.00789. The van der Waals surface area contributed by atoms with Crippen molar-refractivity contribution >= 4 is 34.0 Å². The third kappa shape index (κ3) is 5.40. The predicted octanol–water partition coefficient (Wildman–Crippen LogP) is 4.58. The standard InChI is InChI=1S/C22H21ClN2O3S.C4H9NO/c1-13-19(10-14-4-2-3-5-16(14)23)29-21(24-13)25-20(26)22(8-9-22)15-6-7-17-18(11-15)28-12-27-17;6-4-1-2-5-3-4/h2,4,6-7,11H,3,5,8-10,12H2,1H3,(H,24,25,26);4-6H,1-3H2/t;4-/m.0/s1. The van der Waals surface area contributed by atoms with Gasteiger partial charge in [0.2, 0.25) is 12.7 Å². The van der Waals surface area contributed by atoms with E-state index in [4.69, 9.17) is 26.2 Å². The monoisotopic (exact) mass is 515 g/mol. The van der Waals surface area contributed by atoms with Gasteiger partial charge in [0, 0.05) is 22.9 Å². The van der Waals surface area contributed by atoms with Crippen LogP contribution in [0.1, 0.15) is 48.2 Å². The van der Waals surface area contributed by atoms with Crippen molar-refractivity contribution in [1.29, 1.82) is 0 Å². The van der Waals surface area contributed by atoms with Crippen molar-refractivity contribution in [3.63, 3.8) is 0 Å². The minimum Gasteiger partial charge on any atom is -0.454 e. The second-order valence-corrected chi connectivity index (χ2v) is 10.9. The summed E-state index contributed by atoms with van der Waals surface area (Å²) in [6.45, 7) is 3.99. The molecule has 0 unspecified atom stereocenters. The van der Waals surface area contributed by atoms with E-state index in [0.29, 0.717) is 10.9 Å². The molecule has 9 heteroatoms. The van der Waals surface area contributed by atoms with Crippen LogP contribution in [0.3, 0.4) is 0 Å². The smallest absolute Gasteiger partial charge is 0.236 e. The SMILES string of the molecule is Cc1nc(NC(=O)C2(c3ccc4c(c3)OCO4)CC2)sc1CC1=C(Cl)CCC=C1.O[C@H]1CCNC1. The Bertz CT molecular complexity index is 1170. The van der Waals surface area contributed by atoms with E-state index >= 15 is 0 Å². The molecule has 3 N–H and O–H groups in total. The highest BCUT2D eigenvalue weighted by atomic mass is 35.5. The van der Waals surface area contributed by atoms with Crippen molar-refractivity contribution in [3.8, 4) is 11.5 Å². The van der Waals surface area contributed by atoms with E-state index in [1.165, 1.54) is 11.3 Å². The molecule has 1 aromatic carbocycles. The van der Waals surface area contributed by atoms with E-state index in [0.717, 1.165) is 84.1 Å². The number of aliphatic hydroxyl groups excluding tert-OH is 1. The summed E-state index contributed by atoms with van der Waals surface area (Å²) in [6.07, 6.45) is 9.41. The Balaban J connectivity index is 0.000000371. The van der Waals surface area contributed by atoms with Crippen molar-refractivity contribution in [2.24, 2.45) is 0 Å². The lowest BCUT2D eigenvalue weighted by atomic mass is 9.94. The summed E-state index contributed by atoms with van der Waals surface area (Å²) < 4.78 is 10.9. The van der Waals surface area contributed by atoms with Gasteiger partial charge >= 0.3 is 0 Å². The summed E-state index contributed by atoms with van der Waals surface area (Å²) in [5.74, 6) is 1.43. The van der Waals surface area contributed by atoms with Crippen LogP contribution in [0.15, 0.2) is 41.0 Å². The molecule has 2 fully saturated rings. The van der Waals surface area contributed by atoms with E-state index in [-0.39, 0.29) is 18.8 Å². The summed E-state index contributed by atoms with van der Waals surface area (Å²) in [5.41, 5.74) is 2.55. The van der Waals surface area contributed by atoms with Crippen molar-refractivity contribution in [1.82, 2.24) is 10.3 Å². The Morgan fingerprint density at radius 3 is 2.86 bits per heavy atom. The first kappa shape index (κ1) is 24.3. The van der Waals surface area contributed by atoms with E-state index < -0.39 is 5.41 Å². The summed E-state index contributed by atoms with van der Waals surface area (Å²) in [4.78, 5) is 18.8. The number of benzene rings is 1. The van der Waals surface area contributed by atoms with Crippen LogP contribution in [-0.4, -0.2) is 42.0 Å². The zero-order valence-corrected chi connectivity index (χ0v) is 21.3. The van der Waals surface area contributed by atoms with Crippen molar-refractivity contribution in [3.05, 3.63) is 57.1 Å². The largest absolute Gasteiger partial charge is 0.454 e. The van der Waals surface area contributed by atoms with Crippen LogP contribution in [-0.2, 0) is 16.6 Å². The zero-order chi connectivity index (χ0) is 24.4. The van der Waals surface area contributed by atoms with Gasteiger partial charge in [0.15, 0.2) is 16.6 Å². The lowest BCUT2D eigenvalue weighted by Gasteiger charge is -2.15. The van der Waals surface area contributed by atoms with Crippen LogP contribution in [0.25, 0.3) is 0 Å².